The normalized spacial score (nSPS) is 16.7. The third-order valence-electron chi connectivity index (χ3n) is 3.07. The molecule has 0 heteroatoms. The predicted molar refractivity (Wildman–Crippen MR) is 61.8 cm³/mol. The molecule has 0 aliphatic rings. The van der Waals surface area contributed by atoms with Crippen LogP contribution in [0.5, 0.6) is 0 Å². The second-order valence-corrected chi connectivity index (χ2v) is 5.19. The highest BCUT2D eigenvalue weighted by Gasteiger charge is 2.21. The van der Waals surface area contributed by atoms with Crippen molar-refractivity contribution in [1.29, 1.82) is 0 Å². The molecule has 0 radical (unpaired) electrons. The Labute approximate surface area is 84.4 Å². The molecule has 0 aromatic heterocycles. The first-order valence-corrected chi connectivity index (χ1v) is 5.55. The summed E-state index contributed by atoms with van der Waals surface area (Å²) < 4.78 is 0. The second-order valence-electron chi connectivity index (χ2n) is 5.19. The van der Waals surface area contributed by atoms with Gasteiger partial charge in [-0.2, -0.15) is 0 Å². The molecule has 2 atom stereocenters. The van der Waals surface area contributed by atoms with Crippen LogP contribution in [0.4, 0.5) is 0 Å². The van der Waals surface area contributed by atoms with E-state index in [1.807, 2.05) is 0 Å². The molecule has 0 saturated heterocycles. The molecule has 0 saturated carbocycles. The van der Waals surface area contributed by atoms with Crippen LogP contribution in [-0.2, 0) is 0 Å². The quantitative estimate of drug-likeness (QED) is 0.524. The molecule has 0 spiro atoms. The summed E-state index contributed by atoms with van der Waals surface area (Å²) in [6.07, 6.45) is 6.02. The van der Waals surface area contributed by atoms with Crippen molar-refractivity contribution in [2.24, 2.45) is 17.3 Å². The molecule has 78 valence electrons. The Morgan fingerprint density at radius 2 is 1.85 bits per heavy atom. The summed E-state index contributed by atoms with van der Waals surface area (Å²) in [4.78, 5) is 0. The summed E-state index contributed by atoms with van der Waals surface area (Å²) in [5.74, 6) is 1.41. The minimum atomic E-state index is 0.505. The Kier molecular flexibility index (Phi) is 5.36. The lowest BCUT2D eigenvalue weighted by atomic mass is 9.76. The standard InChI is InChI=1S/C13H26/c1-7-9-13(5,6)10-12(4)11(3)8-2/h8,11-12H,2,7,9-10H2,1,3-6H3. The van der Waals surface area contributed by atoms with E-state index in [4.69, 9.17) is 0 Å². The zero-order valence-corrected chi connectivity index (χ0v) is 10.1. The fourth-order valence-electron chi connectivity index (χ4n) is 2.07. The average molecular weight is 182 g/mol. The number of hydrogen-bond acceptors (Lipinski definition) is 0. The van der Waals surface area contributed by atoms with E-state index in [0.717, 1.165) is 5.92 Å². The first kappa shape index (κ1) is 12.7. The Morgan fingerprint density at radius 3 is 2.23 bits per heavy atom. The van der Waals surface area contributed by atoms with Gasteiger partial charge in [0.25, 0.3) is 0 Å². The molecule has 0 nitrogen and oxygen atoms in total. The number of rotatable bonds is 6. The zero-order chi connectivity index (χ0) is 10.5. The third kappa shape index (κ3) is 5.13. The summed E-state index contributed by atoms with van der Waals surface area (Å²) in [7, 11) is 0. The van der Waals surface area contributed by atoms with Crippen molar-refractivity contribution in [1.82, 2.24) is 0 Å². The van der Waals surface area contributed by atoms with Gasteiger partial charge in [-0.25, -0.2) is 0 Å². The van der Waals surface area contributed by atoms with E-state index >= 15 is 0 Å². The zero-order valence-electron chi connectivity index (χ0n) is 10.1. The molecular weight excluding hydrogens is 156 g/mol. The highest BCUT2D eigenvalue weighted by atomic mass is 14.3. The van der Waals surface area contributed by atoms with E-state index in [1.54, 1.807) is 0 Å². The minimum Gasteiger partial charge on any atom is -0.103 e. The molecule has 0 aliphatic heterocycles. The Balaban J connectivity index is 4.01. The molecule has 0 heterocycles. The van der Waals surface area contributed by atoms with Gasteiger partial charge in [0, 0.05) is 0 Å². The molecule has 2 unspecified atom stereocenters. The van der Waals surface area contributed by atoms with Crippen molar-refractivity contribution in [3.8, 4) is 0 Å². The highest BCUT2D eigenvalue weighted by molar-refractivity contribution is 4.82. The van der Waals surface area contributed by atoms with Gasteiger partial charge in [-0.1, -0.05) is 47.1 Å². The summed E-state index contributed by atoms with van der Waals surface area (Å²) in [6, 6.07) is 0. The van der Waals surface area contributed by atoms with Crippen LogP contribution >= 0.6 is 0 Å². The number of hydrogen-bond donors (Lipinski definition) is 0. The van der Waals surface area contributed by atoms with Crippen molar-refractivity contribution >= 4 is 0 Å². The van der Waals surface area contributed by atoms with Gasteiger partial charge < -0.3 is 0 Å². The van der Waals surface area contributed by atoms with Crippen molar-refractivity contribution in [2.45, 2.75) is 53.9 Å². The highest BCUT2D eigenvalue weighted by Crippen LogP contribution is 2.33. The van der Waals surface area contributed by atoms with Gasteiger partial charge in [-0.05, 0) is 30.1 Å². The minimum absolute atomic E-state index is 0.505. The summed E-state index contributed by atoms with van der Waals surface area (Å²) in [6.45, 7) is 15.5. The molecular formula is C13H26. The average Bonchev–Trinajstić information content (AvgIpc) is 2.01. The van der Waals surface area contributed by atoms with Crippen LogP contribution in [0.2, 0.25) is 0 Å². The van der Waals surface area contributed by atoms with Crippen LogP contribution in [0, 0.1) is 17.3 Å². The van der Waals surface area contributed by atoms with Gasteiger partial charge in [0.15, 0.2) is 0 Å². The fraction of sp³-hybridized carbons (Fsp3) is 0.846. The largest absolute Gasteiger partial charge is 0.103 e. The van der Waals surface area contributed by atoms with E-state index in [1.165, 1.54) is 19.3 Å². The van der Waals surface area contributed by atoms with Gasteiger partial charge in [0.2, 0.25) is 0 Å². The van der Waals surface area contributed by atoms with Gasteiger partial charge in [0.1, 0.15) is 0 Å². The molecule has 0 bridgehead atoms. The molecule has 0 fully saturated rings. The maximum absolute atomic E-state index is 3.86. The third-order valence-corrected chi connectivity index (χ3v) is 3.07. The van der Waals surface area contributed by atoms with E-state index in [-0.39, 0.29) is 0 Å². The van der Waals surface area contributed by atoms with Crippen LogP contribution < -0.4 is 0 Å². The topological polar surface area (TPSA) is 0 Å². The molecule has 0 aromatic rings. The lowest BCUT2D eigenvalue weighted by molar-refractivity contribution is 0.231. The van der Waals surface area contributed by atoms with Crippen molar-refractivity contribution in [2.75, 3.05) is 0 Å². The molecule has 13 heavy (non-hydrogen) atoms. The molecule has 0 N–H and O–H groups in total. The lowest BCUT2D eigenvalue weighted by Gasteiger charge is -2.29. The van der Waals surface area contributed by atoms with E-state index < -0.39 is 0 Å². The smallest absolute Gasteiger partial charge is 0.0239 e. The maximum atomic E-state index is 3.86. The first-order chi connectivity index (χ1) is 5.93. The Morgan fingerprint density at radius 1 is 1.31 bits per heavy atom. The molecule has 0 rings (SSSR count). The van der Waals surface area contributed by atoms with Gasteiger partial charge in [-0.3, -0.25) is 0 Å². The van der Waals surface area contributed by atoms with Crippen LogP contribution in [0.25, 0.3) is 0 Å². The van der Waals surface area contributed by atoms with E-state index in [0.29, 0.717) is 11.3 Å². The Bertz CT molecular complexity index is 144. The van der Waals surface area contributed by atoms with Gasteiger partial charge in [-0.15, -0.1) is 6.58 Å². The molecule has 0 aromatic carbocycles. The van der Waals surface area contributed by atoms with Crippen LogP contribution in [0.1, 0.15) is 53.9 Å². The second kappa shape index (κ2) is 5.47. The molecule has 0 aliphatic carbocycles. The summed E-state index contributed by atoms with van der Waals surface area (Å²) in [5.41, 5.74) is 0.505. The molecule has 0 amide bonds. The Hall–Kier alpha value is -0.260. The summed E-state index contributed by atoms with van der Waals surface area (Å²) in [5, 5.41) is 0. The lowest BCUT2D eigenvalue weighted by Crippen LogP contribution is -2.18. The SMILES string of the molecule is C=CC(C)C(C)CC(C)(C)CCC. The van der Waals surface area contributed by atoms with Crippen LogP contribution in [0.15, 0.2) is 12.7 Å². The monoisotopic (exact) mass is 182 g/mol. The first-order valence-electron chi connectivity index (χ1n) is 5.55. The van der Waals surface area contributed by atoms with Crippen molar-refractivity contribution < 1.29 is 0 Å². The van der Waals surface area contributed by atoms with Gasteiger partial charge >= 0.3 is 0 Å². The van der Waals surface area contributed by atoms with Crippen LogP contribution in [0.3, 0.4) is 0 Å². The van der Waals surface area contributed by atoms with Crippen LogP contribution in [-0.4, -0.2) is 0 Å². The number of allylic oxidation sites excluding steroid dienone is 1. The fourth-order valence-corrected chi connectivity index (χ4v) is 2.07. The van der Waals surface area contributed by atoms with E-state index in [2.05, 4.69) is 47.3 Å². The maximum Gasteiger partial charge on any atom is -0.0239 e. The van der Waals surface area contributed by atoms with Crippen molar-refractivity contribution in [3.05, 3.63) is 12.7 Å². The van der Waals surface area contributed by atoms with Gasteiger partial charge in [0.05, 0.1) is 0 Å². The summed E-state index contributed by atoms with van der Waals surface area (Å²) >= 11 is 0. The van der Waals surface area contributed by atoms with Crippen molar-refractivity contribution in [3.63, 3.8) is 0 Å². The predicted octanol–water partition coefficient (Wildman–Crippen LogP) is 4.66. The van der Waals surface area contributed by atoms with E-state index in [9.17, 15) is 0 Å².